The van der Waals surface area contributed by atoms with Crippen molar-refractivity contribution in [1.29, 1.82) is 0 Å². The number of hydrogen-bond acceptors (Lipinski definition) is 5. The van der Waals surface area contributed by atoms with Gasteiger partial charge in [0.2, 0.25) is 0 Å². The fourth-order valence-corrected chi connectivity index (χ4v) is 2.58. The van der Waals surface area contributed by atoms with Crippen LogP contribution in [0, 0.1) is 0 Å². The Hall–Kier alpha value is -2.02. The summed E-state index contributed by atoms with van der Waals surface area (Å²) in [4.78, 5) is 25.9. The number of amides is 1. The molecule has 1 heterocycles. The SMILES string of the molecule is O=BCNC1CCCCN(CC(=O)OCc2ccccc2)C1=O. The first-order valence-corrected chi connectivity index (χ1v) is 7.86. The fourth-order valence-electron chi connectivity index (χ4n) is 2.58. The average Bonchev–Trinajstić information content (AvgIpc) is 2.74. The van der Waals surface area contributed by atoms with Crippen LogP contribution in [0.5, 0.6) is 0 Å². The molecule has 1 atom stereocenters. The number of likely N-dealkylation sites (tertiary alicyclic amines) is 1. The zero-order valence-corrected chi connectivity index (χ0v) is 13.1. The Morgan fingerprint density at radius 1 is 1.30 bits per heavy atom. The Balaban J connectivity index is 1.85. The Kier molecular flexibility index (Phi) is 6.93. The number of carbonyl (C=O) groups excluding carboxylic acids is 2. The van der Waals surface area contributed by atoms with Gasteiger partial charge in [-0.05, 0) is 0 Å². The predicted octanol–water partition coefficient (Wildman–Crippen LogP) is 0.708. The molecule has 1 saturated heterocycles. The molecule has 7 heteroatoms. The molecule has 0 spiro atoms. The summed E-state index contributed by atoms with van der Waals surface area (Å²) >= 11 is 0. The van der Waals surface area contributed by atoms with Crippen molar-refractivity contribution < 1.29 is 19.0 Å². The van der Waals surface area contributed by atoms with Crippen molar-refractivity contribution >= 4 is 19.0 Å². The second-order valence-electron chi connectivity index (χ2n) is 5.53. The molecule has 122 valence electrons. The third kappa shape index (κ3) is 5.60. The number of nitrogens with one attached hydrogen (secondary N) is 1. The van der Waals surface area contributed by atoms with Crippen molar-refractivity contribution in [2.75, 3.05) is 19.5 Å². The average molecular weight is 316 g/mol. The van der Waals surface area contributed by atoms with Crippen LogP contribution in [0.3, 0.4) is 0 Å². The van der Waals surface area contributed by atoms with E-state index in [2.05, 4.69) is 5.32 Å². The van der Waals surface area contributed by atoms with Gasteiger partial charge in [-0.3, -0.25) is 0 Å². The van der Waals surface area contributed by atoms with E-state index in [9.17, 15) is 14.3 Å². The molecule has 0 aliphatic carbocycles. The molecule has 1 N–H and O–H groups in total. The van der Waals surface area contributed by atoms with Crippen molar-refractivity contribution in [1.82, 2.24) is 10.2 Å². The molecule has 0 aromatic heterocycles. The molecule has 1 fully saturated rings. The van der Waals surface area contributed by atoms with E-state index in [1.165, 1.54) is 4.90 Å². The van der Waals surface area contributed by atoms with E-state index in [1.54, 1.807) is 0 Å². The quantitative estimate of drug-likeness (QED) is 0.592. The summed E-state index contributed by atoms with van der Waals surface area (Å²) in [6.45, 7) is 0.692. The molecule has 0 bridgehead atoms. The van der Waals surface area contributed by atoms with Gasteiger partial charge in [-0.2, -0.15) is 0 Å². The Morgan fingerprint density at radius 3 is 2.83 bits per heavy atom. The van der Waals surface area contributed by atoms with E-state index in [4.69, 9.17) is 4.74 Å². The summed E-state index contributed by atoms with van der Waals surface area (Å²) in [5.41, 5.74) is 0.911. The molecule has 1 aliphatic rings. The van der Waals surface area contributed by atoms with Crippen LogP contribution < -0.4 is 5.32 Å². The molecule has 2 rings (SSSR count). The fraction of sp³-hybridized carbons (Fsp3) is 0.500. The Morgan fingerprint density at radius 2 is 2.09 bits per heavy atom. The Labute approximate surface area is 136 Å². The molecule has 1 aliphatic heterocycles. The van der Waals surface area contributed by atoms with Crippen molar-refractivity contribution in [3.05, 3.63) is 35.9 Å². The van der Waals surface area contributed by atoms with Gasteiger partial charge in [0.15, 0.2) is 0 Å². The molecule has 6 nitrogen and oxygen atoms in total. The van der Waals surface area contributed by atoms with E-state index >= 15 is 0 Å². The van der Waals surface area contributed by atoms with Crippen molar-refractivity contribution in [2.24, 2.45) is 0 Å². The molecular formula is C16H21BN2O4. The minimum absolute atomic E-state index is 0.0507. The number of esters is 1. The third-order valence-corrected chi connectivity index (χ3v) is 3.79. The maximum absolute atomic E-state index is 12.4. The molecule has 0 saturated carbocycles. The summed E-state index contributed by atoms with van der Waals surface area (Å²) in [6, 6.07) is 9.01. The van der Waals surface area contributed by atoms with Gasteiger partial charge in [0.25, 0.3) is 0 Å². The number of ether oxygens (including phenoxy) is 1. The van der Waals surface area contributed by atoms with Gasteiger partial charge in [0, 0.05) is 0 Å². The predicted molar refractivity (Wildman–Crippen MR) is 84.9 cm³/mol. The molecule has 1 aromatic carbocycles. The summed E-state index contributed by atoms with van der Waals surface area (Å²) in [5.74, 6) is -0.556. The van der Waals surface area contributed by atoms with Gasteiger partial charge < -0.3 is 0 Å². The van der Waals surface area contributed by atoms with Crippen LogP contribution in [-0.4, -0.2) is 49.5 Å². The zero-order chi connectivity index (χ0) is 16.5. The van der Waals surface area contributed by atoms with Gasteiger partial charge in [0.1, 0.15) is 0 Å². The molecule has 0 radical (unpaired) electrons. The summed E-state index contributed by atoms with van der Waals surface area (Å²) < 4.78 is 15.7. The molecule has 1 aromatic rings. The van der Waals surface area contributed by atoms with Crippen LogP contribution in [0.4, 0.5) is 0 Å². The van der Waals surface area contributed by atoms with Gasteiger partial charge in [-0.1, -0.05) is 6.07 Å². The van der Waals surface area contributed by atoms with Crippen molar-refractivity contribution in [2.45, 2.75) is 31.9 Å². The monoisotopic (exact) mass is 316 g/mol. The van der Waals surface area contributed by atoms with Crippen LogP contribution in [0.15, 0.2) is 30.3 Å². The number of carbonyl (C=O) groups is 2. The number of nitrogens with zero attached hydrogens (tertiary/aromatic N) is 1. The van der Waals surface area contributed by atoms with Crippen molar-refractivity contribution in [3.63, 3.8) is 0 Å². The normalized spacial score (nSPS) is 18.2. The number of rotatable bonds is 7. The Bertz CT molecular complexity index is 538. The maximum atomic E-state index is 12.4. The van der Waals surface area contributed by atoms with Crippen LogP contribution in [0.25, 0.3) is 0 Å². The molecule has 1 amide bonds. The molecule has 1 unspecified atom stereocenters. The van der Waals surface area contributed by atoms with E-state index in [0.29, 0.717) is 13.0 Å². The van der Waals surface area contributed by atoms with Gasteiger partial charge in [0.05, 0.1) is 0 Å². The van der Waals surface area contributed by atoms with Crippen LogP contribution >= 0.6 is 0 Å². The summed E-state index contributed by atoms with van der Waals surface area (Å²) in [5, 5.41) is 2.91. The van der Waals surface area contributed by atoms with E-state index in [1.807, 2.05) is 30.3 Å². The van der Waals surface area contributed by atoms with Gasteiger partial charge >= 0.3 is 130 Å². The van der Waals surface area contributed by atoms with Crippen LogP contribution in [0.1, 0.15) is 24.8 Å². The van der Waals surface area contributed by atoms with Crippen molar-refractivity contribution in [3.8, 4) is 0 Å². The van der Waals surface area contributed by atoms with Gasteiger partial charge in [-0.25, -0.2) is 0 Å². The van der Waals surface area contributed by atoms with E-state index in [0.717, 1.165) is 25.6 Å². The van der Waals surface area contributed by atoms with Crippen LogP contribution in [0.2, 0.25) is 0 Å². The number of benzene rings is 1. The first kappa shape index (κ1) is 17.3. The van der Waals surface area contributed by atoms with E-state index < -0.39 is 12.0 Å². The first-order valence-electron chi connectivity index (χ1n) is 7.86. The topological polar surface area (TPSA) is 75.7 Å². The minimum atomic E-state index is -0.418. The third-order valence-electron chi connectivity index (χ3n) is 3.79. The second-order valence-corrected chi connectivity index (χ2v) is 5.53. The summed E-state index contributed by atoms with van der Waals surface area (Å²) in [6.07, 6.45) is 2.56. The zero-order valence-electron chi connectivity index (χ0n) is 13.1. The van der Waals surface area contributed by atoms with Crippen LogP contribution in [-0.2, 0) is 25.6 Å². The molecule has 23 heavy (non-hydrogen) atoms. The van der Waals surface area contributed by atoms with E-state index in [-0.39, 0.29) is 25.5 Å². The number of hydrogen-bond donors (Lipinski definition) is 1. The van der Waals surface area contributed by atoms with Gasteiger partial charge in [-0.15, -0.1) is 0 Å². The first-order chi connectivity index (χ1) is 11.2. The summed E-state index contributed by atoms with van der Waals surface area (Å²) in [7, 11) is 0.733. The standard InChI is InChI=1S/C16H21BN2O4/c20-15(23-11-13-6-2-1-3-7-13)10-19-9-5-4-8-14(16(19)21)18-12-17-22/h1-3,6-7,14,18H,4-5,8-12H2. The second kappa shape index (κ2) is 9.20. The molecular weight excluding hydrogens is 295 g/mol.